The van der Waals surface area contributed by atoms with E-state index in [2.05, 4.69) is 34.4 Å². The van der Waals surface area contributed by atoms with Crippen LogP contribution in [0.3, 0.4) is 0 Å². The molecule has 2 N–H and O–H groups in total. The summed E-state index contributed by atoms with van der Waals surface area (Å²) < 4.78 is 0. The fourth-order valence-corrected chi connectivity index (χ4v) is 3.98. The lowest BCUT2D eigenvalue weighted by atomic mass is 10.2. The first kappa shape index (κ1) is 24.9. The van der Waals surface area contributed by atoms with Gasteiger partial charge in [0, 0.05) is 44.8 Å². The predicted octanol–water partition coefficient (Wildman–Crippen LogP) is 1.99. The molecule has 2 heterocycles. The van der Waals surface area contributed by atoms with E-state index in [4.69, 9.17) is 4.99 Å². The fraction of sp³-hybridized carbons (Fsp3) is 0.636. The number of amides is 1. The van der Waals surface area contributed by atoms with Gasteiger partial charge in [-0.2, -0.15) is 0 Å². The number of para-hydroxylation sites is 1. The molecule has 2 saturated heterocycles. The van der Waals surface area contributed by atoms with Gasteiger partial charge < -0.3 is 25.3 Å². The Balaban J connectivity index is 0.00000320. The molecule has 0 saturated carbocycles. The molecule has 7 nitrogen and oxygen atoms in total. The van der Waals surface area contributed by atoms with E-state index in [9.17, 15) is 4.79 Å². The summed E-state index contributed by atoms with van der Waals surface area (Å²) in [7, 11) is 2.20. The van der Waals surface area contributed by atoms with Crippen molar-refractivity contribution in [2.45, 2.75) is 32.2 Å². The number of hydrogen-bond donors (Lipinski definition) is 2. The molecule has 1 unspecified atom stereocenters. The van der Waals surface area contributed by atoms with Gasteiger partial charge in [0.15, 0.2) is 5.96 Å². The van der Waals surface area contributed by atoms with E-state index in [0.717, 1.165) is 50.8 Å². The summed E-state index contributed by atoms with van der Waals surface area (Å²) in [5.74, 6) is 0.978. The summed E-state index contributed by atoms with van der Waals surface area (Å²) in [6.07, 6.45) is 2.80. The van der Waals surface area contributed by atoms with Crippen LogP contribution in [0.1, 0.15) is 26.2 Å². The fourth-order valence-electron chi connectivity index (χ4n) is 3.98. The first-order valence-corrected chi connectivity index (χ1v) is 11.0. The summed E-state index contributed by atoms with van der Waals surface area (Å²) in [5, 5.41) is 6.78. The highest BCUT2D eigenvalue weighted by atomic mass is 127. The van der Waals surface area contributed by atoms with Crippen LogP contribution in [-0.4, -0.2) is 87.1 Å². The number of likely N-dealkylation sites (N-methyl/N-ethyl adjacent to an activating group) is 1. The number of halogens is 1. The first-order valence-electron chi connectivity index (χ1n) is 11.0. The van der Waals surface area contributed by atoms with Crippen molar-refractivity contribution in [1.29, 1.82) is 0 Å². The van der Waals surface area contributed by atoms with Gasteiger partial charge in [-0.3, -0.25) is 9.79 Å². The molecule has 2 aliphatic heterocycles. The Morgan fingerprint density at radius 3 is 2.73 bits per heavy atom. The highest BCUT2D eigenvalue weighted by Crippen LogP contribution is 2.20. The highest BCUT2D eigenvalue weighted by Gasteiger charge is 2.31. The van der Waals surface area contributed by atoms with Crippen molar-refractivity contribution >= 4 is 41.5 Å². The van der Waals surface area contributed by atoms with Crippen molar-refractivity contribution in [2.24, 2.45) is 4.99 Å². The van der Waals surface area contributed by atoms with Crippen LogP contribution in [-0.2, 0) is 4.79 Å². The molecule has 0 spiro atoms. The molecule has 1 atom stereocenters. The maximum Gasteiger partial charge on any atom is 0.229 e. The van der Waals surface area contributed by atoms with Crippen LogP contribution in [0, 0.1) is 0 Å². The summed E-state index contributed by atoms with van der Waals surface area (Å²) >= 11 is 0. The van der Waals surface area contributed by atoms with E-state index in [0.29, 0.717) is 13.0 Å². The molecule has 0 radical (unpaired) electrons. The Morgan fingerprint density at radius 1 is 1.17 bits per heavy atom. The average molecular weight is 528 g/mol. The largest absolute Gasteiger partial charge is 0.357 e. The predicted molar refractivity (Wildman–Crippen MR) is 135 cm³/mol. The van der Waals surface area contributed by atoms with Crippen LogP contribution in [0.25, 0.3) is 0 Å². The van der Waals surface area contributed by atoms with Gasteiger partial charge >= 0.3 is 0 Å². The molecular weight excluding hydrogens is 491 g/mol. The van der Waals surface area contributed by atoms with E-state index in [1.165, 1.54) is 19.5 Å². The van der Waals surface area contributed by atoms with Gasteiger partial charge in [-0.25, -0.2) is 0 Å². The second-order valence-electron chi connectivity index (χ2n) is 8.00. The zero-order chi connectivity index (χ0) is 20.5. The van der Waals surface area contributed by atoms with Gasteiger partial charge in [0.25, 0.3) is 0 Å². The normalized spacial score (nSPS) is 21.3. The topological polar surface area (TPSA) is 63.2 Å². The number of guanidine groups is 1. The molecule has 1 aromatic carbocycles. The Bertz CT molecular complexity index is 671. The molecule has 3 rings (SSSR count). The van der Waals surface area contributed by atoms with Crippen LogP contribution in [0.5, 0.6) is 0 Å². The lowest BCUT2D eigenvalue weighted by Gasteiger charge is -2.20. The zero-order valence-corrected chi connectivity index (χ0v) is 20.7. The van der Waals surface area contributed by atoms with Crippen molar-refractivity contribution in [2.75, 3.05) is 64.3 Å². The van der Waals surface area contributed by atoms with Gasteiger partial charge in [0.1, 0.15) is 0 Å². The van der Waals surface area contributed by atoms with Crippen LogP contribution < -0.4 is 15.5 Å². The SMILES string of the molecule is CCNC(=NCCCN1CCCN(C)CC1)NC1CC(=O)N(c2ccccc2)C1.I. The van der Waals surface area contributed by atoms with Gasteiger partial charge in [0.2, 0.25) is 5.91 Å². The van der Waals surface area contributed by atoms with Gasteiger partial charge in [-0.05, 0) is 58.6 Å². The quantitative estimate of drug-likeness (QED) is 0.246. The van der Waals surface area contributed by atoms with Crippen LogP contribution in [0.15, 0.2) is 35.3 Å². The smallest absolute Gasteiger partial charge is 0.229 e. The van der Waals surface area contributed by atoms with E-state index in [1.807, 2.05) is 35.2 Å². The Hall–Kier alpha value is -1.39. The van der Waals surface area contributed by atoms with E-state index in [-0.39, 0.29) is 35.9 Å². The van der Waals surface area contributed by atoms with Crippen molar-refractivity contribution in [3.8, 4) is 0 Å². The first-order chi connectivity index (χ1) is 14.2. The molecule has 0 aliphatic carbocycles. The molecule has 30 heavy (non-hydrogen) atoms. The van der Waals surface area contributed by atoms with Crippen LogP contribution in [0.2, 0.25) is 0 Å². The second-order valence-corrected chi connectivity index (χ2v) is 8.00. The number of rotatable bonds is 7. The standard InChI is InChI=1S/C22H36N6O.HI/c1-3-23-22(24-11-7-13-27-14-8-12-26(2)15-16-27)25-19-17-21(29)28(18-19)20-9-5-4-6-10-20;/h4-6,9-10,19H,3,7-8,11-18H2,1-2H3,(H2,23,24,25);1H. The maximum absolute atomic E-state index is 12.4. The van der Waals surface area contributed by atoms with Gasteiger partial charge in [0.05, 0.1) is 6.04 Å². The molecule has 2 aliphatic rings. The third-order valence-electron chi connectivity index (χ3n) is 5.59. The number of nitrogens with one attached hydrogen (secondary N) is 2. The van der Waals surface area contributed by atoms with Crippen LogP contribution >= 0.6 is 24.0 Å². The monoisotopic (exact) mass is 528 g/mol. The highest BCUT2D eigenvalue weighted by molar-refractivity contribution is 14.0. The van der Waals surface area contributed by atoms with E-state index < -0.39 is 0 Å². The summed E-state index contributed by atoms with van der Waals surface area (Å²) in [6.45, 7) is 10.1. The Kier molecular flexibility index (Phi) is 10.9. The summed E-state index contributed by atoms with van der Waals surface area (Å²) in [6, 6.07) is 9.97. The van der Waals surface area contributed by atoms with Crippen molar-refractivity contribution in [3.63, 3.8) is 0 Å². The van der Waals surface area contributed by atoms with E-state index >= 15 is 0 Å². The van der Waals surface area contributed by atoms with E-state index in [1.54, 1.807) is 0 Å². The maximum atomic E-state index is 12.4. The molecule has 1 aromatic rings. The van der Waals surface area contributed by atoms with Gasteiger partial charge in [-0.15, -0.1) is 24.0 Å². The molecular formula is C22H37IN6O. The van der Waals surface area contributed by atoms with Crippen molar-refractivity contribution in [3.05, 3.63) is 30.3 Å². The number of hydrogen-bond acceptors (Lipinski definition) is 4. The summed E-state index contributed by atoms with van der Waals surface area (Å²) in [4.78, 5) is 24.0. The number of benzene rings is 1. The number of anilines is 1. The molecule has 168 valence electrons. The molecule has 0 aromatic heterocycles. The lowest BCUT2D eigenvalue weighted by Crippen LogP contribution is -2.44. The Morgan fingerprint density at radius 2 is 1.97 bits per heavy atom. The third kappa shape index (κ3) is 7.70. The van der Waals surface area contributed by atoms with Crippen molar-refractivity contribution < 1.29 is 4.79 Å². The lowest BCUT2D eigenvalue weighted by molar-refractivity contribution is -0.117. The molecule has 2 fully saturated rings. The molecule has 0 bridgehead atoms. The zero-order valence-electron chi connectivity index (χ0n) is 18.3. The second kappa shape index (κ2) is 13.1. The summed E-state index contributed by atoms with van der Waals surface area (Å²) in [5.41, 5.74) is 0.965. The van der Waals surface area contributed by atoms with Crippen LogP contribution in [0.4, 0.5) is 5.69 Å². The van der Waals surface area contributed by atoms with Crippen molar-refractivity contribution in [1.82, 2.24) is 20.4 Å². The number of nitrogens with zero attached hydrogens (tertiary/aromatic N) is 4. The number of carbonyl (C=O) groups excluding carboxylic acids is 1. The number of carbonyl (C=O) groups is 1. The minimum atomic E-state index is 0. The number of aliphatic imine (C=N–C) groups is 1. The third-order valence-corrected chi connectivity index (χ3v) is 5.59. The van der Waals surface area contributed by atoms with Gasteiger partial charge in [-0.1, -0.05) is 18.2 Å². The Labute approximate surface area is 198 Å². The minimum absolute atomic E-state index is 0. The minimum Gasteiger partial charge on any atom is -0.357 e. The average Bonchev–Trinajstić information content (AvgIpc) is 2.96. The molecule has 8 heteroatoms. The molecule has 1 amide bonds.